The summed E-state index contributed by atoms with van der Waals surface area (Å²) in [5.41, 5.74) is 1.35. The fraction of sp³-hybridized carbons (Fsp3) is 0.533. The summed E-state index contributed by atoms with van der Waals surface area (Å²) in [5.74, 6) is -0.210. The largest absolute Gasteiger partial charge is 0.383 e. The topological polar surface area (TPSA) is 35.8 Å². The maximum absolute atomic E-state index is 13.4. The maximum atomic E-state index is 13.4. The second-order valence-electron chi connectivity index (χ2n) is 5.36. The first-order chi connectivity index (χ1) is 8.44. The van der Waals surface area contributed by atoms with E-state index in [0.29, 0.717) is 5.69 Å². The Labute approximate surface area is 109 Å². The van der Waals surface area contributed by atoms with Crippen molar-refractivity contribution in [2.45, 2.75) is 40.0 Å². The van der Waals surface area contributed by atoms with Gasteiger partial charge in [0.2, 0.25) is 0 Å². The van der Waals surface area contributed by atoms with Crippen molar-refractivity contribution < 1.29 is 4.39 Å². The molecular formula is C15H21FN2. The minimum absolute atomic E-state index is 0.210. The zero-order valence-corrected chi connectivity index (χ0v) is 11.4. The lowest BCUT2D eigenvalue weighted by atomic mass is 9.89. The number of halogens is 1. The van der Waals surface area contributed by atoms with E-state index in [1.54, 1.807) is 6.07 Å². The summed E-state index contributed by atoms with van der Waals surface area (Å²) in [6.07, 6.45) is 2.79. The molecular weight excluding hydrogens is 227 g/mol. The van der Waals surface area contributed by atoms with E-state index >= 15 is 0 Å². The number of unbranched alkanes of at least 4 members (excludes halogenated alkanes) is 1. The number of aryl methyl sites for hydroxylation is 1. The summed E-state index contributed by atoms with van der Waals surface area (Å²) in [4.78, 5) is 0. The molecule has 1 aromatic rings. The molecule has 2 nitrogen and oxygen atoms in total. The van der Waals surface area contributed by atoms with Gasteiger partial charge < -0.3 is 5.32 Å². The van der Waals surface area contributed by atoms with Crippen molar-refractivity contribution in [3.63, 3.8) is 0 Å². The van der Waals surface area contributed by atoms with Crippen LogP contribution in [0.4, 0.5) is 10.1 Å². The third-order valence-electron chi connectivity index (χ3n) is 2.97. The first-order valence-corrected chi connectivity index (χ1v) is 6.36. The van der Waals surface area contributed by atoms with Gasteiger partial charge >= 0.3 is 0 Å². The average Bonchev–Trinajstić information content (AvgIpc) is 2.33. The Kier molecular flexibility index (Phi) is 5.15. The number of nitrogens with zero attached hydrogens (tertiary/aromatic N) is 1. The molecule has 0 bridgehead atoms. The Hall–Kier alpha value is -1.56. The van der Waals surface area contributed by atoms with E-state index in [0.717, 1.165) is 31.4 Å². The third-order valence-corrected chi connectivity index (χ3v) is 2.97. The van der Waals surface area contributed by atoms with Crippen LogP contribution in [0, 0.1) is 29.5 Å². The minimum atomic E-state index is -0.255. The number of nitriles is 1. The Balaban J connectivity index is 2.30. The minimum Gasteiger partial charge on any atom is -0.383 e. The molecule has 0 aliphatic carbocycles. The molecule has 0 fully saturated rings. The fourth-order valence-electron chi connectivity index (χ4n) is 1.75. The Morgan fingerprint density at radius 1 is 1.33 bits per heavy atom. The molecule has 0 heterocycles. The van der Waals surface area contributed by atoms with Gasteiger partial charge in [-0.25, -0.2) is 4.39 Å². The van der Waals surface area contributed by atoms with E-state index in [-0.39, 0.29) is 11.2 Å². The molecule has 0 spiro atoms. The number of nitrogens with one attached hydrogen (secondary N) is 1. The monoisotopic (exact) mass is 248 g/mol. The smallest absolute Gasteiger partial charge is 0.146 e. The normalized spacial score (nSPS) is 11.1. The highest BCUT2D eigenvalue weighted by molar-refractivity contribution is 5.46. The number of anilines is 1. The summed E-state index contributed by atoms with van der Waals surface area (Å²) in [6.45, 7) is 6.57. The molecule has 0 unspecified atom stereocenters. The highest BCUT2D eigenvalue weighted by Gasteiger charge is 2.15. The lowest BCUT2D eigenvalue weighted by Gasteiger charge is -2.14. The van der Waals surface area contributed by atoms with Crippen LogP contribution in [0.1, 0.15) is 38.7 Å². The highest BCUT2D eigenvalue weighted by Crippen LogP contribution is 2.22. The van der Waals surface area contributed by atoms with Crippen LogP contribution in [0.25, 0.3) is 0 Å². The van der Waals surface area contributed by atoms with E-state index < -0.39 is 0 Å². The molecule has 0 saturated heterocycles. The van der Waals surface area contributed by atoms with Crippen molar-refractivity contribution >= 4 is 5.69 Å². The third kappa shape index (κ3) is 4.75. The molecule has 1 aromatic carbocycles. The van der Waals surface area contributed by atoms with Gasteiger partial charge in [0.05, 0.1) is 17.2 Å². The van der Waals surface area contributed by atoms with Crippen molar-refractivity contribution in [1.29, 1.82) is 5.26 Å². The lowest BCUT2D eigenvalue weighted by Crippen LogP contribution is -2.09. The van der Waals surface area contributed by atoms with Crippen LogP contribution < -0.4 is 5.32 Å². The van der Waals surface area contributed by atoms with E-state index in [1.807, 2.05) is 26.8 Å². The van der Waals surface area contributed by atoms with Gasteiger partial charge in [-0.05, 0) is 51.3 Å². The summed E-state index contributed by atoms with van der Waals surface area (Å²) < 4.78 is 13.4. The van der Waals surface area contributed by atoms with Crippen LogP contribution >= 0.6 is 0 Å². The van der Waals surface area contributed by atoms with Crippen LogP contribution in [-0.4, -0.2) is 6.54 Å². The number of hydrogen-bond acceptors (Lipinski definition) is 2. The SMILES string of the molecule is Cc1ccc(F)c(NCCCCC(C)(C)C#N)c1. The molecule has 0 saturated carbocycles. The van der Waals surface area contributed by atoms with Crippen molar-refractivity contribution in [3.8, 4) is 6.07 Å². The fourth-order valence-corrected chi connectivity index (χ4v) is 1.75. The van der Waals surface area contributed by atoms with Gasteiger partial charge in [0.1, 0.15) is 5.82 Å². The predicted octanol–water partition coefficient (Wildman–Crippen LogP) is 4.27. The van der Waals surface area contributed by atoms with Crippen LogP contribution in [-0.2, 0) is 0 Å². The number of hydrogen-bond donors (Lipinski definition) is 1. The molecule has 0 atom stereocenters. The van der Waals surface area contributed by atoms with Crippen LogP contribution in [0.15, 0.2) is 18.2 Å². The molecule has 0 radical (unpaired) electrons. The van der Waals surface area contributed by atoms with Crippen molar-refractivity contribution in [2.75, 3.05) is 11.9 Å². The predicted molar refractivity (Wildman–Crippen MR) is 72.9 cm³/mol. The molecule has 3 heteroatoms. The van der Waals surface area contributed by atoms with E-state index in [1.165, 1.54) is 6.07 Å². The lowest BCUT2D eigenvalue weighted by molar-refractivity contribution is 0.430. The van der Waals surface area contributed by atoms with Gasteiger partial charge in [-0.1, -0.05) is 12.5 Å². The van der Waals surface area contributed by atoms with E-state index in [9.17, 15) is 4.39 Å². The molecule has 1 N–H and O–H groups in total. The average molecular weight is 248 g/mol. The highest BCUT2D eigenvalue weighted by atomic mass is 19.1. The Bertz CT molecular complexity index is 433. The summed E-state index contributed by atoms with van der Waals surface area (Å²) in [5, 5.41) is 12.0. The maximum Gasteiger partial charge on any atom is 0.146 e. The van der Waals surface area contributed by atoms with E-state index in [4.69, 9.17) is 5.26 Å². The first kappa shape index (κ1) is 14.5. The molecule has 98 valence electrons. The molecule has 0 aliphatic rings. The van der Waals surface area contributed by atoms with Gasteiger partial charge in [0.15, 0.2) is 0 Å². The molecule has 0 amide bonds. The molecule has 1 rings (SSSR count). The van der Waals surface area contributed by atoms with Gasteiger partial charge in [-0.3, -0.25) is 0 Å². The molecule has 0 aromatic heterocycles. The number of benzene rings is 1. The summed E-state index contributed by atoms with van der Waals surface area (Å²) in [6, 6.07) is 7.34. The second kappa shape index (κ2) is 6.39. The zero-order chi connectivity index (χ0) is 13.6. The first-order valence-electron chi connectivity index (χ1n) is 6.36. The van der Waals surface area contributed by atoms with Crippen LogP contribution in [0.2, 0.25) is 0 Å². The van der Waals surface area contributed by atoms with Crippen molar-refractivity contribution in [2.24, 2.45) is 5.41 Å². The summed E-state index contributed by atoms with van der Waals surface area (Å²) >= 11 is 0. The van der Waals surface area contributed by atoms with Gasteiger partial charge in [0.25, 0.3) is 0 Å². The Morgan fingerprint density at radius 3 is 2.72 bits per heavy atom. The van der Waals surface area contributed by atoms with Gasteiger partial charge in [-0.2, -0.15) is 5.26 Å². The Morgan fingerprint density at radius 2 is 2.06 bits per heavy atom. The second-order valence-corrected chi connectivity index (χ2v) is 5.36. The zero-order valence-electron chi connectivity index (χ0n) is 11.4. The van der Waals surface area contributed by atoms with Crippen molar-refractivity contribution in [1.82, 2.24) is 0 Å². The van der Waals surface area contributed by atoms with Gasteiger partial charge in [0, 0.05) is 6.54 Å². The standard InChI is InChI=1S/C15H21FN2/c1-12-6-7-13(16)14(10-12)18-9-5-4-8-15(2,3)11-17/h6-7,10,18H,4-5,8-9H2,1-3H3. The molecule has 0 aliphatic heterocycles. The quantitative estimate of drug-likeness (QED) is 0.763. The van der Waals surface area contributed by atoms with Crippen LogP contribution in [0.3, 0.4) is 0 Å². The number of rotatable bonds is 6. The van der Waals surface area contributed by atoms with Gasteiger partial charge in [-0.15, -0.1) is 0 Å². The van der Waals surface area contributed by atoms with Crippen molar-refractivity contribution in [3.05, 3.63) is 29.6 Å². The molecule has 18 heavy (non-hydrogen) atoms. The van der Waals surface area contributed by atoms with E-state index in [2.05, 4.69) is 11.4 Å². The van der Waals surface area contributed by atoms with Crippen LogP contribution in [0.5, 0.6) is 0 Å². The summed E-state index contributed by atoms with van der Waals surface area (Å²) in [7, 11) is 0.